The van der Waals surface area contributed by atoms with Crippen molar-refractivity contribution in [2.45, 2.75) is 38.0 Å². The minimum absolute atomic E-state index is 0.0181. The van der Waals surface area contributed by atoms with Gasteiger partial charge in [-0.25, -0.2) is 18.1 Å². The van der Waals surface area contributed by atoms with Gasteiger partial charge in [0.25, 0.3) is 21.6 Å². The first-order valence-corrected chi connectivity index (χ1v) is 22.0. The van der Waals surface area contributed by atoms with Crippen LogP contribution in [0.2, 0.25) is 5.02 Å². The van der Waals surface area contributed by atoms with E-state index in [2.05, 4.69) is 50.9 Å². The number of benzene rings is 4. The van der Waals surface area contributed by atoms with Crippen LogP contribution in [0.1, 0.15) is 49.0 Å². The summed E-state index contributed by atoms with van der Waals surface area (Å²) in [4.78, 5) is 32.8. The summed E-state index contributed by atoms with van der Waals surface area (Å²) in [7, 11) is -4.56. The molecular formula is C44H48ClN7O7S. The Hall–Kier alpha value is -5.45. The zero-order valence-corrected chi connectivity index (χ0v) is 35.2. The van der Waals surface area contributed by atoms with Gasteiger partial charge in [0, 0.05) is 85.8 Å². The number of carbonyl (C=O) groups excluding carboxylic acids is 1. The molecule has 2 aliphatic heterocycles. The van der Waals surface area contributed by atoms with E-state index in [1.54, 1.807) is 35.5 Å². The molecule has 0 saturated carbocycles. The number of halogens is 1. The number of aromatic amines is 1. The standard InChI is InChI=1S/C44H48ClN7O7S/c1-44(2)16-14-31(37(28-44)30-6-8-32(45)9-7-30)29-49-18-20-50(21-19-49)33-10-12-36(42(26-33)59-41-5-3-4-38-35(41)15-17-46-38)43(53)48-60(56,57)34-11-13-39(40(27-34)52(54)55)47-51-22-24-58-25-23-51/h3-13,15,17,26-27,46-47H,14,16,18-25,28-29H2,1-2H3,(H,48,53). The number of amides is 1. The van der Waals surface area contributed by atoms with Gasteiger partial charge in [0.1, 0.15) is 17.2 Å². The van der Waals surface area contributed by atoms with Gasteiger partial charge in [-0.05, 0) is 90.4 Å². The smallest absolute Gasteiger partial charge is 0.295 e. The van der Waals surface area contributed by atoms with Crippen LogP contribution in [0.4, 0.5) is 17.1 Å². The number of ether oxygens (including phenoxy) is 2. The zero-order chi connectivity index (χ0) is 42.0. The minimum atomic E-state index is -4.56. The van der Waals surface area contributed by atoms with Crippen molar-refractivity contribution in [3.63, 3.8) is 0 Å². The summed E-state index contributed by atoms with van der Waals surface area (Å²) in [6.07, 6.45) is 4.99. The number of aromatic nitrogens is 1. The van der Waals surface area contributed by atoms with Crippen molar-refractivity contribution in [3.8, 4) is 11.5 Å². The normalized spacial score (nSPS) is 17.8. The van der Waals surface area contributed by atoms with Crippen molar-refractivity contribution in [3.05, 3.63) is 123 Å². The van der Waals surface area contributed by atoms with Crippen molar-refractivity contribution >= 4 is 61.1 Å². The van der Waals surface area contributed by atoms with E-state index in [4.69, 9.17) is 21.1 Å². The molecule has 2 fully saturated rings. The van der Waals surface area contributed by atoms with Gasteiger partial charge in [0.2, 0.25) is 0 Å². The van der Waals surface area contributed by atoms with Crippen LogP contribution < -0.4 is 19.8 Å². The lowest BCUT2D eigenvalue weighted by Crippen LogP contribution is -2.47. The molecule has 0 spiro atoms. The molecule has 5 aromatic rings. The maximum absolute atomic E-state index is 13.9. The van der Waals surface area contributed by atoms with Crippen LogP contribution in [-0.2, 0) is 14.8 Å². The molecule has 3 aliphatic rings. The van der Waals surface area contributed by atoms with Crippen LogP contribution in [-0.4, -0.2) is 93.2 Å². The number of sulfonamides is 1. The van der Waals surface area contributed by atoms with E-state index in [-0.39, 0.29) is 22.4 Å². The molecule has 0 radical (unpaired) electrons. The van der Waals surface area contributed by atoms with E-state index in [1.807, 2.05) is 30.3 Å². The number of carbonyl (C=O) groups is 1. The summed E-state index contributed by atoms with van der Waals surface area (Å²) < 4.78 is 41.3. The monoisotopic (exact) mass is 853 g/mol. The maximum Gasteiger partial charge on any atom is 0.295 e. The summed E-state index contributed by atoms with van der Waals surface area (Å²) in [6.45, 7) is 10.6. The molecule has 1 amide bonds. The predicted molar refractivity (Wildman–Crippen MR) is 233 cm³/mol. The third kappa shape index (κ3) is 9.30. The number of hydrogen-bond acceptors (Lipinski definition) is 11. The van der Waals surface area contributed by atoms with E-state index < -0.39 is 31.4 Å². The molecule has 1 aliphatic carbocycles. The highest BCUT2D eigenvalue weighted by atomic mass is 35.5. The quantitative estimate of drug-likeness (QED) is 0.0822. The highest BCUT2D eigenvalue weighted by molar-refractivity contribution is 7.90. The predicted octanol–water partition coefficient (Wildman–Crippen LogP) is 8.09. The summed E-state index contributed by atoms with van der Waals surface area (Å²) in [5, 5.41) is 15.3. The Kier molecular flexibility index (Phi) is 11.9. The fourth-order valence-corrected chi connectivity index (χ4v) is 9.26. The fourth-order valence-electron chi connectivity index (χ4n) is 8.15. The van der Waals surface area contributed by atoms with Crippen LogP contribution in [0.15, 0.2) is 102 Å². The highest BCUT2D eigenvalue weighted by Crippen LogP contribution is 2.43. The summed E-state index contributed by atoms with van der Waals surface area (Å²) in [5.74, 6) is -0.303. The number of rotatable bonds is 12. The van der Waals surface area contributed by atoms with Gasteiger partial charge >= 0.3 is 0 Å². The third-order valence-electron chi connectivity index (χ3n) is 11.5. The number of anilines is 2. The Labute approximate surface area is 354 Å². The molecule has 314 valence electrons. The van der Waals surface area contributed by atoms with Gasteiger partial charge in [-0.2, -0.15) is 0 Å². The molecule has 16 heteroatoms. The first-order valence-electron chi connectivity index (χ1n) is 20.1. The highest BCUT2D eigenvalue weighted by Gasteiger charge is 2.31. The first kappa shape index (κ1) is 41.3. The van der Waals surface area contributed by atoms with Gasteiger partial charge in [0.05, 0.1) is 28.6 Å². The van der Waals surface area contributed by atoms with E-state index in [9.17, 15) is 23.3 Å². The van der Waals surface area contributed by atoms with Gasteiger partial charge < -0.3 is 24.8 Å². The Balaban J connectivity index is 1.02. The third-order valence-corrected chi connectivity index (χ3v) is 13.1. The maximum atomic E-state index is 13.9. The van der Waals surface area contributed by atoms with Crippen molar-refractivity contribution < 1.29 is 27.6 Å². The van der Waals surface area contributed by atoms with E-state index >= 15 is 0 Å². The van der Waals surface area contributed by atoms with Crippen molar-refractivity contribution in [2.24, 2.45) is 5.41 Å². The number of nitro benzene ring substituents is 1. The summed E-state index contributed by atoms with van der Waals surface area (Å²) in [6, 6.07) is 24.2. The number of nitro groups is 1. The molecule has 60 heavy (non-hydrogen) atoms. The molecule has 4 aromatic carbocycles. The van der Waals surface area contributed by atoms with Crippen LogP contribution in [0.25, 0.3) is 16.5 Å². The summed E-state index contributed by atoms with van der Waals surface area (Å²) >= 11 is 6.24. The lowest BCUT2D eigenvalue weighted by molar-refractivity contribution is -0.384. The Morgan fingerprint density at radius 3 is 2.47 bits per heavy atom. The first-order chi connectivity index (χ1) is 28.8. The SMILES string of the molecule is CC1(C)CCC(CN2CCN(c3ccc(C(=O)NS(=O)(=O)c4ccc(NN5CCOCC5)c([N+](=O)[O-])c4)c(Oc4cccc5[nH]ccc45)c3)CC2)=C(c2ccc(Cl)cc2)C1. The molecule has 3 heterocycles. The average Bonchev–Trinajstić information content (AvgIpc) is 3.72. The molecule has 1 aromatic heterocycles. The second-order valence-corrected chi connectivity index (χ2v) is 18.4. The van der Waals surface area contributed by atoms with Crippen molar-refractivity contribution in [2.75, 3.05) is 69.4 Å². The number of nitrogens with zero attached hydrogens (tertiary/aromatic N) is 4. The lowest BCUT2D eigenvalue weighted by atomic mass is 9.72. The van der Waals surface area contributed by atoms with Crippen molar-refractivity contribution in [1.82, 2.24) is 19.6 Å². The van der Waals surface area contributed by atoms with E-state index in [0.717, 1.165) is 79.7 Å². The van der Waals surface area contributed by atoms with Gasteiger partial charge in [0.15, 0.2) is 0 Å². The number of hydrogen-bond donors (Lipinski definition) is 3. The zero-order valence-electron chi connectivity index (χ0n) is 33.6. The molecule has 8 rings (SSSR count). The minimum Gasteiger partial charge on any atom is -0.456 e. The van der Waals surface area contributed by atoms with Crippen LogP contribution >= 0.6 is 11.6 Å². The Morgan fingerprint density at radius 2 is 1.72 bits per heavy atom. The van der Waals surface area contributed by atoms with Crippen LogP contribution in [0.3, 0.4) is 0 Å². The fraction of sp³-hybridized carbons (Fsp3) is 0.341. The topological polar surface area (TPSA) is 162 Å². The number of hydrazine groups is 1. The average molecular weight is 854 g/mol. The van der Waals surface area contributed by atoms with Crippen LogP contribution in [0, 0.1) is 15.5 Å². The lowest BCUT2D eigenvalue weighted by Gasteiger charge is -2.39. The second-order valence-electron chi connectivity index (χ2n) is 16.3. The molecule has 0 unspecified atom stereocenters. The molecule has 14 nitrogen and oxygen atoms in total. The van der Waals surface area contributed by atoms with Crippen molar-refractivity contribution in [1.29, 1.82) is 0 Å². The van der Waals surface area contributed by atoms with E-state index in [0.29, 0.717) is 32.1 Å². The van der Waals surface area contributed by atoms with Gasteiger partial charge in [-0.1, -0.05) is 49.2 Å². The molecule has 0 bridgehead atoms. The number of morpholine rings is 1. The van der Waals surface area contributed by atoms with E-state index in [1.165, 1.54) is 28.8 Å². The van der Waals surface area contributed by atoms with Gasteiger partial charge in [-0.15, -0.1) is 0 Å². The summed E-state index contributed by atoms with van der Waals surface area (Å²) in [5.41, 5.74) is 8.63. The number of nitrogens with one attached hydrogen (secondary N) is 3. The number of allylic oxidation sites excluding steroid dienone is 1. The number of fused-ring (bicyclic) bond motifs is 1. The number of H-pyrrole nitrogens is 1. The molecular weight excluding hydrogens is 806 g/mol. The largest absolute Gasteiger partial charge is 0.456 e. The number of piperazine rings is 1. The Bertz CT molecular complexity index is 2550. The second kappa shape index (κ2) is 17.3. The molecule has 0 atom stereocenters. The van der Waals surface area contributed by atoms with Crippen LogP contribution in [0.5, 0.6) is 11.5 Å². The molecule has 2 saturated heterocycles. The molecule has 3 N–H and O–H groups in total. The Morgan fingerprint density at radius 1 is 0.950 bits per heavy atom. The van der Waals surface area contributed by atoms with Gasteiger partial charge in [-0.3, -0.25) is 19.8 Å².